The van der Waals surface area contributed by atoms with Crippen LogP contribution in [0.3, 0.4) is 0 Å². The number of fused-ring (bicyclic) bond motifs is 2. The van der Waals surface area contributed by atoms with Crippen molar-refractivity contribution in [1.29, 1.82) is 0 Å². The highest BCUT2D eigenvalue weighted by molar-refractivity contribution is 5.80. The lowest BCUT2D eigenvalue weighted by Crippen LogP contribution is -2.11. The first-order valence-corrected chi connectivity index (χ1v) is 12.1. The lowest BCUT2D eigenvalue weighted by molar-refractivity contribution is 0.402. The van der Waals surface area contributed by atoms with E-state index < -0.39 is 0 Å². The quantitative estimate of drug-likeness (QED) is 0.336. The number of aryl methyl sites for hydroxylation is 1. The summed E-state index contributed by atoms with van der Waals surface area (Å²) in [7, 11) is 4.09. The molecule has 36 heavy (non-hydrogen) atoms. The van der Waals surface area contributed by atoms with E-state index in [9.17, 15) is 4.39 Å². The van der Waals surface area contributed by atoms with Crippen LogP contribution in [0.2, 0.25) is 0 Å². The summed E-state index contributed by atoms with van der Waals surface area (Å²) in [6, 6.07) is 21.2. The van der Waals surface area contributed by atoms with Crippen LogP contribution in [-0.4, -0.2) is 38.3 Å². The maximum absolute atomic E-state index is 13.7. The molecule has 3 aromatic heterocycles. The van der Waals surface area contributed by atoms with Crippen molar-refractivity contribution < 1.29 is 4.39 Å². The molecule has 0 fully saturated rings. The molecule has 5 aromatic rings. The van der Waals surface area contributed by atoms with Crippen molar-refractivity contribution in [2.45, 2.75) is 25.4 Å². The third-order valence-electron chi connectivity index (χ3n) is 6.64. The molecule has 180 valence electrons. The Hall–Kier alpha value is -4.10. The Morgan fingerprint density at radius 1 is 1.03 bits per heavy atom. The lowest BCUT2D eigenvalue weighted by atomic mass is 10.1. The molecule has 7 heteroatoms. The maximum atomic E-state index is 13.7. The van der Waals surface area contributed by atoms with Crippen molar-refractivity contribution in [3.63, 3.8) is 0 Å². The molecule has 1 atom stereocenters. The molecule has 0 bridgehead atoms. The first kappa shape index (κ1) is 22.4. The number of halogens is 1. The third-order valence-corrected chi connectivity index (χ3v) is 6.64. The minimum absolute atomic E-state index is 0.184. The second-order valence-electron chi connectivity index (χ2n) is 9.52. The van der Waals surface area contributed by atoms with Gasteiger partial charge < -0.3 is 10.2 Å². The zero-order valence-corrected chi connectivity index (χ0v) is 20.3. The summed E-state index contributed by atoms with van der Waals surface area (Å²) < 4.78 is 15.7. The molecule has 0 aliphatic heterocycles. The van der Waals surface area contributed by atoms with Crippen molar-refractivity contribution >= 4 is 11.6 Å². The van der Waals surface area contributed by atoms with E-state index in [-0.39, 0.29) is 11.9 Å². The molecular formula is C29H27FN6. The van der Waals surface area contributed by atoms with E-state index >= 15 is 0 Å². The van der Waals surface area contributed by atoms with Crippen LogP contribution in [0.25, 0.3) is 28.3 Å². The Morgan fingerprint density at radius 3 is 2.69 bits per heavy atom. The summed E-state index contributed by atoms with van der Waals surface area (Å²) in [5.74, 6) is 0.307. The molecule has 6 nitrogen and oxygen atoms in total. The van der Waals surface area contributed by atoms with Crippen molar-refractivity contribution in [3.05, 3.63) is 102 Å². The van der Waals surface area contributed by atoms with Crippen molar-refractivity contribution in [2.24, 2.45) is 0 Å². The summed E-state index contributed by atoms with van der Waals surface area (Å²) in [5, 5.41) is 3.54. The van der Waals surface area contributed by atoms with Gasteiger partial charge in [-0.05, 0) is 86.1 Å². The standard InChI is InChI=1S/C29H27FN6/c1-35(2)18-19-14-16-36-26(17-19)34-27(21-7-10-22(30)11-8-21)28(36)25-13-15-31-29(33-25)32-24-12-9-20-5-3-4-6-23(20)24/h3-8,10-11,13-17,24H,9,12,18H2,1-2H3,(H,31,32,33). The highest BCUT2D eigenvalue weighted by Gasteiger charge is 2.23. The number of rotatable bonds is 6. The Morgan fingerprint density at radius 2 is 1.86 bits per heavy atom. The smallest absolute Gasteiger partial charge is 0.223 e. The molecule has 0 spiro atoms. The first-order valence-electron chi connectivity index (χ1n) is 12.1. The van der Waals surface area contributed by atoms with E-state index in [4.69, 9.17) is 9.97 Å². The second-order valence-corrected chi connectivity index (χ2v) is 9.52. The largest absolute Gasteiger partial charge is 0.347 e. The summed E-state index contributed by atoms with van der Waals surface area (Å²) in [5.41, 5.74) is 7.87. The number of hydrogen-bond donors (Lipinski definition) is 1. The number of hydrogen-bond acceptors (Lipinski definition) is 5. The fraction of sp³-hybridized carbons (Fsp3) is 0.207. The number of nitrogens with zero attached hydrogens (tertiary/aromatic N) is 5. The van der Waals surface area contributed by atoms with Crippen LogP contribution in [0.4, 0.5) is 10.3 Å². The molecule has 2 aromatic carbocycles. The minimum Gasteiger partial charge on any atom is -0.347 e. The summed E-state index contributed by atoms with van der Waals surface area (Å²) in [6.07, 6.45) is 5.87. The van der Waals surface area contributed by atoms with Crippen LogP contribution in [0.1, 0.15) is 29.2 Å². The van der Waals surface area contributed by atoms with Gasteiger partial charge in [0.05, 0.1) is 23.1 Å². The Balaban J connectivity index is 1.43. The molecule has 1 aliphatic carbocycles. The van der Waals surface area contributed by atoms with Gasteiger partial charge in [0.25, 0.3) is 0 Å². The van der Waals surface area contributed by atoms with Crippen molar-refractivity contribution in [3.8, 4) is 22.6 Å². The normalized spacial score (nSPS) is 14.9. The zero-order valence-electron chi connectivity index (χ0n) is 20.3. The maximum Gasteiger partial charge on any atom is 0.223 e. The molecule has 0 saturated heterocycles. The SMILES string of the molecule is CN(C)Cc1ccn2c(-c3ccnc(NC4CCc5ccccc54)n3)c(-c3ccc(F)cc3)nc2c1. The average Bonchev–Trinajstić information content (AvgIpc) is 3.46. The van der Waals surface area contributed by atoms with Crippen molar-refractivity contribution in [2.75, 3.05) is 19.4 Å². The van der Waals surface area contributed by atoms with E-state index in [1.165, 1.54) is 28.8 Å². The first-order chi connectivity index (χ1) is 17.5. The van der Waals surface area contributed by atoms with Gasteiger partial charge in [-0.2, -0.15) is 0 Å². The fourth-order valence-corrected chi connectivity index (χ4v) is 5.03. The van der Waals surface area contributed by atoms with Crippen LogP contribution < -0.4 is 5.32 Å². The van der Waals surface area contributed by atoms with Crippen LogP contribution in [0.15, 0.2) is 79.1 Å². The summed E-state index contributed by atoms with van der Waals surface area (Å²) in [6.45, 7) is 0.814. The Labute approximate surface area is 209 Å². The third kappa shape index (κ3) is 4.22. The number of pyridine rings is 1. The van der Waals surface area contributed by atoms with Gasteiger partial charge in [-0.15, -0.1) is 0 Å². The molecule has 1 N–H and O–H groups in total. The monoisotopic (exact) mass is 478 g/mol. The van der Waals surface area contributed by atoms with Crippen LogP contribution in [-0.2, 0) is 13.0 Å². The van der Waals surface area contributed by atoms with Gasteiger partial charge in [0.1, 0.15) is 11.5 Å². The Bertz CT molecular complexity index is 1540. The van der Waals surface area contributed by atoms with Gasteiger partial charge in [-0.25, -0.2) is 19.3 Å². The highest BCUT2D eigenvalue weighted by atomic mass is 19.1. The van der Waals surface area contributed by atoms with Crippen LogP contribution in [0.5, 0.6) is 0 Å². The van der Waals surface area contributed by atoms with E-state index in [1.807, 2.05) is 26.4 Å². The molecule has 1 aliphatic rings. The molecular weight excluding hydrogens is 451 g/mol. The second kappa shape index (κ2) is 9.17. The predicted molar refractivity (Wildman–Crippen MR) is 140 cm³/mol. The van der Waals surface area contributed by atoms with Crippen LogP contribution in [0, 0.1) is 5.82 Å². The van der Waals surface area contributed by atoms with Crippen LogP contribution >= 0.6 is 0 Å². The average molecular weight is 479 g/mol. The summed E-state index contributed by atoms with van der Waals surface area (Å²) >= 11 is 0. The van der Waals surface area contributed by atoms with Gasteiger partial charge in [0.15, 0.2) is 0 Å². The molecule has 6 rings (SSSR count). The number of nitrogens with one attached hydrogen (secondary N) is 1. The Kier molecular flexibility index (Phi) is 5.70. The van der Waals surface area contributed by atoms with E-state index in [2.05, 4.69) is 56.0 Å². The number of anilines is 1. The molecule has 0 radical (unpaired) electrons. The number of benzene rings is 2. The number of imidazole rings is 1. The topological polar surface area (TPSA) is 58.4 Å². The van der Waals surface area contributed by atoms with E-state index in [0.29, 0.717) is 5.95 Å². The predicted octanol–water partition coefficient (Wildman–Crippen LogP) is 5.76. The summed E-state index contributed by atoms with van der Waals surface area (Å²) in [4.78, 5) is 16.5. The van der Waals surface area contributed by atoms with E-state index in [0.717, 1.165) is 47.7 Å². The van der Waals surface area contributed by atoms with Gasteiger partial charge in [-0.3, -0.25) is 4.40 Å². The fourth-order valence-electron chi connectivity index (χ4n) is 5.03. The van der Waals surface area contributed by atoms with Gasteiger partial charge >= 0.3 is 0 Å². The van der Waals surface area contributed by atoms with Crippen molar-refractivity contribution in [1.82, 2.24) is 24.3 Å². The lowest BCUT2D eigenvalue weighted by Gasteiger charge is -2.15. The molecule has 0 amide bonds. The highest BCUT2D eigenvalue weighted by Crippen LogP contribution is 2.35. The van der Waals surface area contributed by atoms with Gasteiger partial charge in [0.2, 0.25) is 5.95 Å². The van der Waals surface area contributed by atoms with E-state index in [1.54, 1.807) is 18.3 Å². The van der Waals surface area contributed by atoms with Gasteiger partial charge in [0, 0.05) is 24.5 Å². The molecule has 3 heterocycles. The molecule has 1 unspecified atom stereocenters. The minimum atomic E-state index is -0.275. The zero-order chi connectivity index (χ0) is 24.6. The number of aromatic nitrogens is 4. The molecule has 0 saturated carbocycles. The van der Waals surface area contributed by atoms with Gasteiger partial charge in [-0.1, -0.05) is 24.3 Å².